The van der Waals surface area contributed by atoms with E-state index in [0.717, 1.165) is 23.7 Å². The Morgan fingerprint density at radius 1 is 1.19 bits per heavy atom. The minimum Gasteiger partial charge on any atom is -0.468 e. The predicted molar refractivity (Wildman–Crippen MR) is 69.1 cm³/mol. The first-order valence-corrected chi connectivity index (χ1v) is 5.90. The Morgan fingerprint density at radius 2 is 1.76 bits per heavy atom. The van der Waals surface area contributed by atoms with Crippen molar-refractivity contribution in [3.63, 3.8) is 0 Å². The van der Waals surface area contributed by atoms with Gasteiger partial charge in [-0.1, -0.05) is 0 Å². The van der Waals surface area contributed by atoms with E-state index in [4.69, 9.17) is 0 Å². The summed E-state index contributed by atoms with van der Waals surface area (Å²) >= 11 is 0. The molecule has 9 nitrogen and oxygen atoms in total. The Morgan fingerprint density at radius 3 is 2.24 bits per heavy atom. The smallest absolute Gasteiger partial charge is 0.347 e. The van der Waals surface area contributed by atoms with Gasteiger partial charge in [0.1, 0.15) is 19.6 Å². The summed E-state index contributed by atoms with van der Waals surface area (Å²) in [6.07, 6.45) is 2.67. The number of hydrogen-bond donors (Lipinski definition) is 0. The number of amides is 1. The van der Waals surface area contributed by atoms with Gasteiger partial charge in [-0.25, -0.2) is 9.78 Å². The fraction of sp³-hybridized carbons (Fsp3) is 0.417. The highest BCUT2D eigenvalue weighted by Crippen LogP contribution is 1.96. The lowest BCUT2D eigenvalue weighted by Gasteiger charge is -2.20. The monoisotopic (exact) mass is 297 g/mol. The summed E-state index contributed by atoms with van der Waals surface area (Å²) < 4.78 is 9.97. The second-order valence-electron chi connectivity index (χ2n) is 3.93. The van der Waals surface area contributed by atoms with Crippen LogP contribution in [0.3, 0.4) is 0 Å². The second kappa shape index (κ2) is 7.78. The molecule has 114 valence electrons. The van der Waals surface area contributed by atoms with Crippen LogP contribution in [0.25, 0.3) is 0 Å². The molecule has 0 bridgehead atoms. The van der Waals surface area contributed by atoms with E-state index in [1.54, 1.807) is 0 Å². The van der Waals surface area contributed by atoms with Gasteiger partial charge < -0.3 is 14.4 Å². The molecule has 0 aliphatic heterocycles. The van der Waals surface area contributed by atoms with Gasteiger partial charge in [-0.05, 0) is 6.07 Å². The maximum atomic E-state index is 12.1. The summed E-state index contributed by atoms with van der Waals surface area (Å²) in [5.74, 6) is -1.99. The first kappa shape index (κ1) is 16.3. The molecule has 21 heavy (non-hydrogen) atoms. The predicted octanol–water partition coefficient (Wildman–Crippen LogP) is -1.58. The van der Waals surface area contributed by atoms with Crippen LogP contribution in [0.2, 0.25) is 0 Å². The number of ether oxygens (including phenoxy) is 2. The largest absolute Gasteiger partial charge is 0.468 e. The van der Waals surface area contributed by atoms with Gasteiger partial charge in [0, 0.05) is 12.4 Å². The zero-order chi connectivity index (χ0) is 15.8. The third-order valence-corrected chi connectivity index (χ3v) is 2.54. The number of esters is 2. The highest BCUT2D eigenvalue weighted by molar-refractivity contribution is 5.85. The topological polar surface area (TPSA) is 108 Å². The van der Waals surface area contributed by atoms with E-state index < -0.39 is 36.6 Å². The number of hydrogen-bond acceptors (Lipinski definition) is 7. The van der Waals surface area contributed by atoms with Gasteiger partial charge in [-0.15, -0.1) is 0 Å². The molecule has 0 fully saturated rings. The van der Waals surface area contributed by atoms with Gasteiger partial charge in [0.2, 0.25) is 5.91 Å². The molecule has 0 N–H and O–H groups in total. The average molecular weight is 297 g/mol. The normalized spacial score (nSPS) is 9.81. The molecule has 1 amide bonds. The molecule has 1 heterocycles. The zero-order valence-electron chi connectivity index (χ0n) is 11.6. The standard InChI is InChI=1S/C12H15N3O6/c1-20-10(17)7-15(8-11(18)21-2)9(16)6-14-5-3-4-13-12(14)19/h3-5H,6-8H2,1-2H3. The summed E-state index contributed by atoms with van der Waals surface area (Å²) in [6.45, 7) is -1.18. The molecule has 1 aromatic rings. The van der Waals surface area contributed by atoms with Gasteiger partial charge >= 0.3 is 17.6 Å². The maximum Gasteiger partial charge on any atom is 0.347 e. The molecule has 9 heteroatoms. The van der Waals surface area contributed by atoms with E-state index in [2.05, 4.69) is 14.5 Å². The molecule has 0 aliphatic rings. The van der Waals surface area contributed by atoms with Crippen molar-refractivity contribution in [3.8, 4) is 0 Å². The number of carbonyl (C=O) groups is 3. The van der Waals surface area contributed by atoms with Crippen molar-refractivity contribution in [1.82, 2.24) is 14.5 Å². The third kappa shape index (κ3) is 5.05. The molecule has 0 atom stereocenters. The number of aromatic nitrogens is 2. The van der Waals surface area contributed by atoms with Crippen molar-refractivity contribution in [2.45, 2.75) is 6.54 Å². The quantitative estimate of drug-likeness (QED) is 0.583. The molecular weight excluding hydrogens is 282 g/mol. The van der Waals surface area contributed by atoms with Crippen molar-refractivity contribution in [2.24, 2.45) is 0 Å². The Hall–Kier alpha value is -2.71. The Kier molecular flexibility index (Phi) is 6.05. The van der Waals surface area contributed by atoms with Crippen LogP contribution < -0.4 is 5.69 Å². The molecule has 0 saturated carbocycles. The lowest BCUT2D eigenvalue weighted by atomic mass is 10.4. The highest BCUT2D eigenvalue weighted by Gasteiger charge is 2.21. The third-order valence-electron chi connectivity index (χ3n) is 2.54. The van der Waals surface area contributed by atoms with Crippen LogP contribution in [0, 0.1) is 0 Å². The van der Waals surface area contributed by atoms with Crippen molar-refractivity contribution in [1.29, 1.82) is 0 Å². The SMILES string of the molecule is COC(=O)CN(CC(=O)OC)C(=O)Cn1cccnc1=O. The maximum absolute atomic E-state index is 12.1. The fourth-order valence-corrected chi connectivity index (χ4v) is 1.43. The minimum absolute atomic E-state index is 0.347. The van der Waals surface area contributed by atoms with Crippen LogP contribution in [0.4, 0.5) is 0 Å². The summed E-state index contributed by atoms with van der Waals surface area (Å²) in [6, 6.07) is 1.49. The van der Waals surface area contributed by atoms with Crippen LogP contribution in [0.1, 0.15) is 0 Å². The number of methoxy groups -OCH3 is 2. The number of nitrogens with zero attached hydrogens (tertiary/aromatic N) is 3. The van der Waals surface area contributed by atoms with Crippen LogP contribution in [0.15, 0.2) is 23.3 Å². The van der Waals surface area contributed by atoms with Crippen LogP contribution in [-0.2, 0) is 30.4 Å². The van der Waals surface area contributed by atoms with Gasteiger partial charge in [0.25, 0.3) is 0 Å². The number of rotatable bonds is 6. The van der Waals surface area contributed by atoms with Gasteiger partial charge in [0.05, 0.1) is 14.2 Å². The second-order valence-corrected chi connectivity index (χ2v) is 3.93. The van der Waals surface area contributed by atoms with E-state index in [1.807, 2.05) is 0 Å². The van der Waals surface area contributed by atoms with Crippen molar-refractivity contribution in [3.05, 3.63) is 28.9 Å². The Bertz CT molecular complexity index is 564. The van der Waals surface area contributed by atoms with Gasteiger partial charge in [-0.2, -0.15) is 0 Å². The lowest BCUT2D eigenvalue weighted by Crippen LogP contribution is -2.43. The Balaban J connectivity index is 2.84. The molecule has 0 radical (unpaired) electrons. The first-order valence-electron chi connectivity index (χ1n) is 5.90. The van der Waals surface area contributed by atoms with Crippen molar-refractivity contribution in [2.75, 3.05) is 27.3 Å². The first-order chi connectivity index (χ1) is 9.97. The summed E-state index contributed by atoms with van der Waals surface area (Å²) in [7, 11) is 2.32. The lowest BCUT2D eigenvalue weighted by molar-refractivity contribution is -0.152. The van der Waals surface area contributed by atoms with Crippen LogP contribution >= 0.6 is 0 Å². The van der Waals surface area contributed by atoms with E-state index in [9.17, 15) is 19.2 Å². The number of carbonyl (C=O) groups excluding carboxylic acids is 3. The molecular formula is C12H15N3O6. The zero-order valence-corrected chi connectivity index (χ0v) is 11.6. The van der Waals surface area contributed by atoms with Gasteiger partial charge in [-0.3, -0.25) is 19.0 Å². The molecule has 0 aromatic carbocycles. The van der Waals surface area contributed by atoms with E-state index in [0.29, 0.717) is 0 Å². The average Bonchev–Trinajstić information content (AvgIpc) is 2.48. The minimum atomic E-state index is -0.689. The molecule has 0 saturated heterocycles. The summed E-state index contributed by atoms with van der Waals surface area (Å²) in [5, 5.41) is 0. The Labute approximate surface area is 120 Å². The molecule has 0 unspecified atom stereocenters. The molecule has 1 aromatic heterocycles. The van der Waals surface area contributed by atoms with E-state index in [-0.39, 0.29) is 6.54 Å². The van der Waals surface area contributed by atoms with E-state index >= 15 is 0 Å². The molecule has 0 aliphatic carbocycles. The van der Waals surface area contributed by atoms with Crippen LogP contribution in [-0.4, -0.2) is 59.6 Å². The molecule has 1 rings (SSSR count). The molecule has 0 spiro atoms. The summed E-state index contributed by atoms with van der Waals surface area (Å²) in [5.41, 5.74) is -0.609. The van der Waals surface area contributed by atoms with Crippen LogP contribution in [0.5, 0.6) is 0 Å². The fourth-order valence-electron chi connectivity index (χ4n) is 1.43. The van der Waals surface area contributed by atoms with Crippen molar-refractivity contribution < 1.29 is 23.9 Å². The summed E-state index contributed by atoms with van der Waals surface area (Å²) in [4.78, 5) is 50.5. The highest BCUT2D eigenvalue weighted by atomic mass is 16.5. The van der Waals surface area contributed by atoms with Crippen molar-refractivity contribution >= 4 is 17.8 Å². The van der Waals surface area contributed by atoms with E-state index in [1.165, 1.54) is 18.5 Å². The van der Waals surface area contributed by atoms with Gasteiger partial charge in [0.15, 0.2) is 0 Å².